The molecule has 0 saturated carbocycles. The molecule has 0 radical (unpaired) electrons. The topological polar surface area (TPSA) is 122 Å². The number of nitrogens with zero attached hydrogens (tertiary/aromatic N) is 2. The van der Waals surface area contributed by atoms with E-state index in [0.29, 0.717) is 5.56 Å². The Morgan fingerprint density at radius 2 is 1.65 bits per heavy atom. The Labute approximate surface area is 291 Å². The Balaban J connectivity index is 0.00000286. The molecular weight excluding hydrogens is 695 g/mol. The van der Waals surface area contributed by atoms with Crippen LogP contribution in [0.1, 0.15) is 52.7 Å². The maximum atomic E-state index is 14.0. The van der Waals surface area contributed by atoms with Crippen molar-refractivity contribution < 1.29 is 44.4 Å². The molecule has 0 saturated heterocycles. The van der Waals surface area contributed by atoms with Gasteiger partial charge < -0.3 is 15.1 Å². The first-order valence-electron chi connectivity index (χ1n) is 15.7. The van der Waals surface area contributed by atoms with Gasteiger partial charge in [0.1, 0.15) is 17.2 Å². The molecule has 5 aromatic rings. The largest absolute Gasteiger partial charge is 0.455 e. The van der Waals surface area contributed by atoms with Crippen molar-refractivity contribution in [3.05, 3.63) is 108 Å². The molecule has 9 nitrogen and oxygen atoms in total. The highest BCUT2D eigenvalue weighted by Crippen LogP contribution is 2.42. The first-order valence-corrected chi connectivity index (χ1v) is 17.6. The number of hydrogen-bond donors (Lipinski definition) is 2. The van der Waals surface area contributed by atoms with E-state index in [-0.39, 0.29) is 57.6 Å². The molecule has 0 spiro atoms. The van der Waals surface area contributed by atoms with E-state index in [1.807, 2.05) is 19.2 Å². The van der Waals surface area contributed by atoms with Crippen LogP contribution in [-0.4, -0.2) is 57.9 Å². The van der Waals surface area contributed by atoms with Gasteiger partial charge in [0.2, 0.25) is 10.0 Å². The van der Waals surface area contributed by atoms with Gasteiger partial charge in [0.15, 0.2) is 6.04 Å². The summed E-state index contributed by atoms with van der Waals surface area (Å²) in [5, 5.41) is 4.71. The van der Waals surface area contributed by atoms with Crippen LogP contribution in [0.3, 0.4) is 0 Å². The van der Waals surface area contributed by atoms with Gasteiger partial charge in [-0.3, -0.25) is 23.3 Å². The molecule has 2 aromatic heterocycles. The lowest BCUT2D eigenvalue weighted by Gasteiger charge is -2.25. The van der Waals surface area contributed by atoms with E-state index < -0.39 is 52.2 Å². The average molecular weight is 731 g/mol. The molecule has 1 atom stereocenters. The summed E-state index contributed by atoms with van der Waals surface area (Å²) in [6.07, 6.45) is -2.98. The number of benzene rings is 3. The summed E-state index contributed by atoms with van der Waals surface area (Å²) in [5.41, 5.74) is 0.115. The summed E-state index contributed by atoms with van der Waals surface area (Å²) < 4.78 is 102. The second-order valence-electron chi connectivity index (χ2n) is 10.9. The van der Waals surface area contributed by atoms with Gasteiger partial charge in [-0.1, -0.05) is 32.0 Å². The van der Waals surface area contributed by atoms with Gasteiger partial charge in [-0.15, -0.1) is 0 Å². The van der Waals surface area contributed by atoms with Crippen LogP contribution in [0.5, 0.6) is 0 Å². The quantitative estimate of drug-likeness (QED) is 0.134. The summed E-state index contributed by atoms with van der Waals surface area (Å²) in [4.78, 5) is 30.2. The Hall–Kier alpha value is -5.31. The van der Waals surface area contributed by atoms with E-state index in [4.69, 9.17) is 4.42 Å². The maximum Gasteiger partial charge on any atom is 0.414 e. The number of fused-ring (bicyclic) bond motifs is 1. The first-order chi connectivity index (χ1) is 24.2. The standard InChI is InChI=1S/C34H29F5N4O5S.C2H6/c1-40-33(45)29-25-18-24(21-7-5-8-22(17-21)32(44)42-31(34(37,38)39)26-9-3-4-15-41-26)27(43(16-6-14-35)49(2,46)47)19-28(25)48-30(29)20-10-12-23(36)13-11-20;1-2/h3-5,7-13,15,17-19,31H,6,14,16H2,1-2H3,(H,40,45)(H,42,44);1-2H3. The van der Waals surface area contributed by atoms with Crippen molar-refractivity contribution in [2.45, 2.75) is 32.5 Å². The minimum absolute atomic E-state index is 0.00877. The van der Waals surface area contributed by atoms with E-state index in [1.54, 1.807) is 0 Å². The number of furan rings is 1. The number of pyridine rings is 1. The molecule has 15 heteroatoms. The molecule has 1 unspecified atom stereocenters. The number of alkyl halides is 4. The van der Waals surface area contributed by atoms with E-state index >= 15 is 0 Å². The van der Waals surface area contributed by atoms with Crippen molar-refractivity contribution in [3.8, 4) is 22.5 Å². The molecule has 0 aliphatic heterocycles. The van der Waals surface area contributed by atoms with Crippen LogP contribution in [0.15, 0.2) is 89.5 Å². The number of aromatic nitrogens is 1. The zero-order valence-electron chi connectivity index (χ0n) is 28.0. The van der Waals surface area contributed by atoms with Gasteiger partial charge in [-0.25, -0.2) is 12.8 Å². The van der Waals surface area contributed by atoms with Crippen LogP contribution in [-0.2, 0) is 10.0 Å². The summed E-state index contributed by atoms with van der Waals surface area (Å²) in [6.45, 7) is 2.87. The average Bonchev–Trinajstić information content (AvgIpc) is 3.49. The molecular formula is C36H35F5N4O5S. The number of amides is 2. The van der Waals surface area contributed by atoms with Crippen LogP contribution in [0.25, 0.3) is 33.4 Å². The highest BCUT2D eigenvalue weighted by atomic mass is 32.2. The van der Waals surface area contributed by atoms with Crippen LogP contribution in [0.2, 0.25) is 0 Å². The van der Waals surface area contributed by atoms with Crippen molar-refractivity contribution in [3.63, 3.8) is 0 Å². The molecule has 51 heavy (non-hydrogen) atoms. The molecule has 0 aliphatic carbocycles. The lowest BCUT2D eigenvalue weighted by molar-refractivity contribution is -0.156. The fourth-order valence-electron chi connectivity index (χ4n) is 5.31. The van der Waals surface area contributed by atoms with Gasteiger partial charge >= 0.3 is 6.18 Å². The number of rotatable bonds is 11. The SMILES string of the molecule is CC.CNC(=O)c1c(-c2ccc(F)cc2)oc2cc(N(CCCF)S(C)(=O)=O)c(-c3cccc(C(=O)NC(c4ccccn4)C(F)(F)F)c3)cc12. The van der Waals surface area contributed by atoms with Crippen molar-refractivity contribution in [2.75, 3.05) is 30.8 Å². The monoisotopic (exact) mass is 730 g/mol. The van der Waals surface area contributed by atoms with Gasteiger partial charge in [0, 0.05) is 47.9 Å². The number of nitrogens with one attached hydrogen (secondary N) is 2. The molecule has 2 amide bonds. The fraction of sp³-hybridized carbons (Fsp3) is 0.250. The lowest BCUT2D eigenvalue weighted by Crippen LogP contribution is -2.38. The minimum Gasteiger partial charge on any atom is -0.455 e. The van der Waals surface area contributed by atoms with Gasteiger partial charge in [-0.05, 0) is 66.6 Å². The number of carbonyl (C=O) groups is 2. The molecule has 5 rings (SSSR count). The van der Waals surface area contributed by atoms with Crippen molar-refractivity contribution in [1.82, 2.24) is 15.6 Å². The number of anilines is 1. The van der Waals surface area contributed by atoms with E-state index in [2.05, 4.69) is 10.3 Å². The highest BCUT2D eigenvalue weighted by Gasteiger charge is 2.43. The summed E-state index contributed by atoms with van der Waals surface area (Å²) in [6, 6.07) is 14.8. The van der Waals surface area contributed by atoms with Crippen LogP contribution >= 0.6 is 0 Å². The van der Waals surface area contributed by atoms with Crippen molar-refractivity contribution in [2.24, 2.45) is 0 Å². The number of halogens is 5. The molecule has 0 aliphatic rings. The number of carbonyl (C=O) groups excluding carboxylic acids is 2. The molecule has 3 aromatic carbocycles. The third-order valence-corrected chi connectivity index (χ3v) is 8.73. The summed E-state index contributed by atoms with van der Waals surface area (Å²) in [5.74, 6) is -2.17. The Morgan fingerprint density at radius 1 is 0.941 bits per heavy atom. The number of hydrogen-bond acceptors (Lipinski definition) is 6. The van der Waals surface area contributed by atoms with Gasteiger partial charge in [0.05, 0.1) is 29.9 Å². The Morgan fingerprint density at radius 3 is 2.24 bits per heavy atom. The predicted molar refractivity (Wildman–Crippen MR) is 185 cm³/mol. The van der Waals surface area contributed by atoms with Gasteiger partial charge in [0.25, 0.3) is 11.8 Å². The fourth-order valence-corrected chi connectivity index (χ4v) is 6.27. The number of sulfonamides is 1. The van der Waals surface area contributed by atoms with Crippen LogP contribution in [0.4, 0.5) is 27.6 Å². The smallest absolute Gasteiger partial charge is 0.414 e. The third-order valence-electron chi connectivity index (χ3n) is 7.55. The Bertz CT molecular complexity index is 2100. The second-order valence-corrected chi connectivity index (χ2v) is 12.8. The van der Waals surface area contributed by atoms with Crippen LogP contribution in [0, 0.1) is 5.82 Å². The molecule has 2 N–H and O–H groups in total. The van der Waals surface area contributed by atoms with E-state index in [9.17, 15) is 40.0 Å². The van der Waals surface area contributed by atoms with E-state index in [0.717, 1.165) is 16.6 Å². The second kappa shape index (κ2) is 16.1. The molecule has 0 fully saturated rings. The molecule has 270 valence electrons. The third kappa shape index (κ3) is 8.71. The summed E-state index contributed by atoms with van der Waals surface area (Å²) >= 11 is 0. The van der Waals surface area contributed by atoms with E-state index in [1.165, 1.54) is 86.0 Å². The zero-order valence-corrected chi connectivity index (χ0v) is 28.8. The molecule has 2 heterocycles. The zero-order chi connectivity index (χ0) is 37.5. The lowest BCUT2D eigenvalue weighted by atomic mass is 9.97. The van der Waals surface area contributed by atoms with Crippen LogP contribution < -0.4 is 14.9 Å². The van der Waals surface area contributed by atoms with Crippen molar-refractivity contribution >= 4 is 38.5 Å². The minimum atomic E-state index is -4.88. The molecule has 0 bridgehead atoms. The highest BCUT2D eigenvalue weighted by molar-refractivity contribution is 7.92. The Kier molecular flexibility index (Phi) is 12.2. The van der Waals surface area contributed by atoms with Crippen molar-refractivity contribution in [1.29, 1.82) is 0 Å². The van der Waals surface area contributed by atoms with Gasteiger partial charge in [-0.2, -0.15) is 13.2 Å². The normalized spacial score (nSPS) is 12.1. The summed E-state index contributed by atoms with van der Waals surface area (Å²) in [7, 11) is -2.68. The maximum absolute atomic E-state index is 14.0. The predicted octanol–water partition coefficient (Wildman–Crippen LogP) is 7.85. The first kappa shape index (κ1) is 38.5.